The second-order valence-electron chi connectivity index (χ2n) is 8.81. The number of likely N-dealkylation sites (tertiary alicyclic amines) is 1. The summed E-state index contributed by atoms with van der Waals surface area (Å²) in [6, 6.07) is 14.8. The number of nitrogens with zero attached hydrogens (tertiary/aromatic N) is 2. The molecule has 1 amide bonds. The first-order chi connectivity index (χ1) is 12.9. The maximum Gasteiger partial charge on any atom is 0.254 e. The SMILES string of the molecule is CC1(C)C2Cc3ccccc3[C@]1(C)CCN2C(=O)c1ccc2nc[nH]c2c1. The highest BCUT2D eigenvalue weighted by Gasteiger charge is 2.56. The molecule has 138 valence electrons. The Labute approximate surface area is 159 Å². The number of carbonyl (C=O) groups excluding carboxylic acids is 1. The van der Waals surface area contributed by atoms with E-state index in [0.29, 0.717) is 0 Å². The molecule has 2 heterocycles. The molecule has 1 aromatic heterocycles. The fraction of sp³-hybridized carbons (Fsp3) is 0.391. The van der Waals surface area contributed by atoms with Crippen LogP contribution in [0.5, 0.6) is 0 Å². The van der Waals surface area contributed by atoms with Crippen LogP contribution in [-0.4, -0.2) is 33.4 Å². The van der Waals surface area contributed by atoms with Crippen LogP contribution in [0.4, 0.5) is 0 Å². The molecular formula is C23H25N3O. The molecule has 0 radical (unpaired) electrons. The average Bonchev–Trinajstić information content (AvgIpc) is 3.12. The third-order valence-corrected chi connectivity index (χ3v) is 7.44. The number of hydrogen-bond donors (Lipinski definition) is 1. The first kappa shape index (κ1) is 16.5. The normalized spacial score (nSPS) is 26.0. The highest BCUT2D eigenvalue weighted by atomic mass is 16.2. The fourth-order valence-corrected chi connectivity index (χ4v) is 5.35. The first-order valence-corrected chi connectivity index (χ1v) is 9.74. The largest absolute Gasteiger partial charge is 0.345 e. The average molecular weight is 359 g/mol. The van der Waals surface area contributed by atoms with Crippen molar-refractivity contribution in [1.29, 1.82) is 0 Å². The highest BCUT2D eigenvalue weighted by Crippen LogP contribution is 2.56. The summed E-state index contributed by atoms with van der Waals surface area (Å²) in [5, 5.41) is 0. The molecule has 0 spiro atoms. The van der Waals surface area contributed by atoms with Gasteiger partial charge in [0.25, 0.3) is 5.91 Å². The van der Waals surface area contributed by atoms with E-state index in [-0.39, 0.29) is 22.8 Å². The lowest BCUT2D eigenvalue weighted by atomic mass is 9.51. The van der Waals surface area contributed by atoms with Crippen LogP contribution >= 0.6 is 0 Å². The van der Waals surface area contributed by atoms with Gasteiger partial charge >= 0.3 is 0 Å². The Morgan fingerprint density at radius 2 is 2.00 bits per heavy atom. The molecule has 4 heteroatoms. The fourth-order valence-electron chi connectivity index (χ4n) is 5.35. The van der Waals surface area contributed by atoms with Gasteiger partial charge in [-0.05, 0) is 47.6 Å². The molecule has 4 nitrogen and oxygen atoms in total. The third kappa shape index (κ3) is 2.16. The van der Waals surface area contributed by atoms with Gasteiger partial charge in [0, 0.05) is 23.6 Å². The summed E-state index contributed by atoms with van der Waals surface area (Å²) in [6.07, 6.45) is 3.59. The molecular weight excluding hydrogens is 334 g/mol. The molecule has 1 saturated heterocycles. The minimum atomic E-state index is 0.0212. The Balaban J connectivity index is 1.56. The van der Waals surface area contributed by atoms with Crippen LogP contribution in [0.3, 0.4) is 0 Å². The predicted molar refractivity (Wildman–Crippen MR) is 107 cm³/mol. The van der Waals surface area contributed by atoms with Gasteiger partial charge in [-0.25, -0.2) is 4.98 Å². The Bertz CT molecular complexity index is 1050. The number of piperidine rings is 1. The molecule has 1 N–H and O–H groups in total. The van der Waals surface area contributed by atoms with Crippen molar-refractivity contribution in [1.82, 2.24) is 14.9 Å². The number of nitrogens with one attached hydrogen (secondary N) is 1. The molecule has 3 aromatic rings. The summed E-state index contributed by atoms with van der Waals surface area (Å²) >= 11 is 0. The zero-order valence-corrected chi connectivity index (χ0v) is 16.1. The van der Waals surface area contributed by atoms with Crippen LogP contribution in [0.15, 0.2) is 48.8 Å². The van der Waals surface area contributed by atoms with Crippen molar-refractivity contribution in [2.24, 2.45) is 5.41 Å². The summed E-state index contributed by atoms with van der Waals surface area (Å²) in [5.41, 5.74) is 5.53. The van der Waals surface area contributed by atoms with E-state index in [1.807, 2.05) is 18.2 Å². The zero-order valence-electron chi connectivity index (χ0n) is 16.1. The van der Waals surface area contributed by atoms with Crippen molar-refractivity contribution in [2.45, 2.75) is 45.1 Å². The molecule has 0 saturated carbocycles. The number of fused-ring (bicyclic) bond motifs is 5. The molecule has 2 bridgehead atoms. The number of H-pyrrole nitrogens is 1. The molecule has 1 unspecified atom stereocenters. The topological polar surface area (TPSA) is 49.0 Å². The van der Waals surface area contributed by atoms with Crippen molar-refractivity contribution >= 4 is 16.9 Å². The molecule has 2 aromatic carbocycles. The molecule has 1 aliphatic heterocycles. The minimum absolute atomic E-state index is 0.0212. The van der Waals surface area contributed by atoms with Crippen molar-refractivity contribution in [2.75, 3.05) is 6.54 Å². The van der Waals surface area contributed by atoms with Crippen LogP contribution in [0, 0.1) is 5.41 Å². The number of benzene rings is 2. The maximum absolute atomic E-state index is 13.5. The van der Waals surface area contributed by atoms with E-state index < -0.39 is 0 Å². The van der Waals surface area contributed by atoms with E-state index in [9.17, 15) is 4.79 Å². The summed E-state index contributed by atoms with van der Waals surface area (Å²) in [5.74, 6) is 0.131. The minimum Gasteiger partial charge on any atom is -0.345 e. The maximum atomic E-state index is 13.5. The number of aromatic nitrogens is 2. The van der Waals surface area contributed by atoms with E-state index in [4.69, 9.17) is 0 Å². The van der Waals surface area contributed by atoms with Crippen LogP contribution in [-0.2, 0) is 11.8 Å². The zero-order chi connectivity index (χ0) is 18.8. The van der Waals surface area contributed by atoms with E-state index in [0.717, 1.165) is 36.0 Å². The third-order valence-electron chi connectivity index (χ3n) is 7.44. The van der Waals surface area contributed by atoms with E-state index >= 15 is 0 Å². The van der Waals surface area contributed by atoms with E-state index in [1.54, 1.807) is 6.33 Å². The van der Waals surface area contributed by atoms with E-state index in [1.165, 1.54) is 11.1 Å². The Kier molecular flexibility index (Phi) is 3.34. The van der Waals surface area contributed by atoms with Crippen LogP contribution in [0.2, 0.25) is 0 Å². The quantitative estimate of drug-likeness (QED) is 0.703. The van der Waals surface area contributed by atoms with Crippen LogP contribution in [0.25, 0.3) is 11.0 Å². The van der Waals surface area contributed by atoms with Gasteiger partial charge in [0.15, 0.2) is 0 Å². The summed E-state index contributed by atoms with van der Waals surface area (Å²) in [6.45, 7) is 7.87. The number of hydrogen-bond acceptors (Lipinski definition) is 2. The number of aromatic amines is 1. The standard InChI is InChI=1S/C23H25N3O/c1-22(2)20-13-15-6-4-5-7-17(15)23(22,3)10-11-26(20)21(27)16-8-9-18-19(12-16)25-14-24-18/h4-9,12,14,20H,10-11,13H2,1-3H3,(H,24,25)/t20?,23-/m0/s1. The molecule has 27 heavy (non-hydrogen) atoms. The van der Waals surface area contributed by atoms with Gasteiger partial charge in [0.1, 0.15) is 0 Å². The van der Waals surface area contributed by atoms with Crippen molar-refractivity contribution in [3.63, 3.8) is 0 Å². The Morgan fingerprint density at radius 1 is 1.19 bits per heavy atom. The second kappa shape index (κ2) is 5.44. The van der Waals surface area contributed by atoms with Crippen molar-refractivity contribution in [3.05, 3.63) is 65.5 Å². The van der Waals surface area contributed by atoms with Gasteiger partial charge in [-0.2, -0.15) is 0 Å². The van der Waals surface area contributed by atoms with Crippen molar-refractivity contribution < 1.29 is 4.79 Å². The van der Waals surface area contributed by atoms with Gasteiger partial charge in [-0.1, -0.05) is 45.0 Å². The lowest BCUT2D eigenvalue weighted by molar-refractivity contribution is -0.0261. The van der Waals surface area contributed by atoms with Crippen molar-refractivity contribution in [3.8, 4) is 0 Å². The summed E-state index contributed by atoms with van der Waals surface area (Å²) in [4.78, 5) is 23.0. The lowest BCUT2D eigenvalue weighted by Gasteiger charge is -2.60. The number of carbonyl (C=O) groups is 1. The molecule has 2 aliphatic rings. The second-order valence-corrected chi connectivity index (χ2v) is 8.81. The smallest absolute Gasteiger partial charge is 0.254 e. The van der Waals surface area contributed by atoms with E-state index in [2.05, 4.69) is 59.9 Å². The van der Waals surface area contributed by atoms with Crippen LogP contribution in [0.1, 0.15) is 48.7 Å². The highest BCUT2D eigenvalue weighted by molar-refractivity contribution is 5.97. The summed E-state index contributed by atoms with van der Waals surface area (Å²) in [7, 11) is 0. The Morgan fingerprint density at radius 3 is 2.85 bits per heavy atom. The van der Waals surface area contributed by atoms with Gasteiger partial charge in [0.05, 0.1) is 17.4 Å². The number of imidazole rings is 1. The molecule has 2 atom stereocenters. The monoisotopic (exact) mass is 359 g/mol. The number of rotatable bonds is 1. The van der Waals surface area contributed by atoms with Crippen LogP contribution < -0.4 is 0 Å². The lowest BCUT2D eigenvalue weighted by Crippen LogP contribution is -2.64. The summed E-state index contributed by atoms with van der Waals surface area (Å²) < 4.78 is 0. The molecule has 5 rings (SSSR count). The van der Waals surface area contributed by atoms with Gasteiger partial charge in [-0.15, -0.1) is 0 Å². The first-order valence-electron chi connectivity index (χ1n) is 9.74. The van der Waals surface area contributed by atoms with Gasteiger partial charge in [-0.3, -0.25) is 4.79 Å². The molecule has 1 aliphatic carbocycles. The Hall–Kier alpha value is -2.62. The molecule has 1 fully saturated rings. The van der Waals surface area contributed by atoms with Gasteiger partial charge in [0.2, 0.25) is 0 Å². The number of amides is 1. The predicted octanol–water partition coefficient (Wildman–Crippen LogP) is 4.32. The van der Waals surface area contributed by atoms with Gasteiger partial charge < -0.3 is 9.88 Å².